The summed E-state index contributed by atoms with van der Waals surface area (Å²) >= 11 is 6.03. The van der Waals surface area contributed by atoms with Crippen LogP contribution in [0.25, 0.3) is 0 Å². The summed E-state index contributed by atoms with van der Waals surface area (Å²) in [6.45, 7) is 0. The van der Waals surface area contributed by atoms with Crippen LogP contribution in [0, 0.1) is 0 Å². The van der Waals surface area contributed by atoms with Gasteiger partial charge in [0.2, 0.25) is 0 Å². The number of nitrogens with one attached hydrogen (secondary N) is 1. The highest BCUT2D eigenvalue weighted by Gasteiger charge is 2.24. The zero-order valence-electron chi connectivity index (χ0n) is 7.59. The van der Waals surface area contributed by atoms with Crippen LogP contribution in [0.1, 0.15) is 23.6 Å². The molecular weight excluding hydrogens is 200 g/mol. The molecule has 0 spiro atoms. The normalized spacial score (nSPS) is 19.1. The van der Waals surface area contributed by atoms with Gasteiger partial charge in [0.15, 0.2) is 0 Å². The highest BCUT2D eigenvalue weighted by Crippen LogP contribution is 2.35. The Labute approximate surface area is 87.2 Å². The molecule has 1 aliphatic rings. The van der Waals surface area contributed by atoms with Crippen LogP contribution in [0.5, 0.6) is 0 Å². The average Bonchev–Trinajstić information content (AvgIpc) is 2.49. The van der Waals surface area contributed by atoms with Crippen molar-refractivity contribution in [2.75, 3.05) is 0 Å². The number of carbonyl (C=O) groups excluding carboxylic acids is 1. The highest BCUT2D eigenvalue weighted by atomic mass is 35.5. The second-order valence-electron chi connectivity index (χ2n) is 3.41. The van der Waals surface area contributed by atoms with Gasteiger partial charge in [-0.3, -0.25) is 0 Å². The quantitative estimate of drug-likeness (QED) is 0.732. The first kappa shape index (κ1) is 9.34. The molecule has 1 atom stereocenters. The van der Waals surface area contributed by atoms with Crippen LogP contribution in [0.3, 0.4) is 0 Å². The van der Waals surface area contributed by atoms with E-state index in [0.29, 0.717) is 0 Å². The molecule has 0 bridgehead atoms. The van der Waals surface area contributed by atoms with Crippen molar-refractivity contribution in [3.8, 4) is 0 Å². The fourth-order valence-corrected chi connectivity index (χ4v) is 2.21. The molecule has 3 nitrogen and oxygen atoms in total. The van der Waals surface area contributed by atoms with Crippen molar-refractivity contribution in [2.45, 2.75) is 18.9 Å². The van der Waals surface area contributed by atoms with E-state index in [4.69, 9.17) is 17.3 Å². The van der Waals surface area contributed by atoms with Gasteiger partial charge in [0.05, 0.1) is 6.04 Å². The van der Waals surface area contributed by atoms with Gasteiger partial charge >= 0.3 is 6.03 Å². The Kier molecular flexibility index (Phi) is 2.33. The molecule has 1 aromatic carbocycles. The second kappa shape index (κ2) is 3.50. The fourth-order valence-electron chi connectivity index (χ4n) is 1.93. The van der Waals surface area contributed by atoms with E-state index >= 15 is 0 Å². The molecule has 2 rings (SSSR count). The topological polar surface area (TPSA) is 55.1 Å². The molecule has 1 aliphatic carbocycles. The lowest BCUT2D eigenvalue weighted by molar-refractivity contribution is 0.245. The first-order valence-electron chi connectivity index (χ1n) is 4.51. The van der Waals surface area contributed by atoms with Crippen LogP contribution in [0.4, 0.5) is 4.79 Å². The smallest absolute Gasteiger partial charge is 0.312 e. The van der Waals surface area contributed by atoms with Gasteiger partial charge in [0, 0.05) is 5.02 Å². The van der Waals surface area contributed by atoms with Gasteiger partial charge in [-0.15, -0.1) is 0 Å². The van der Waals surface area contributed by atoms with E-state index in [0.717, 1.165) is 29.0 Å². The molecule has 14 heavy (non-hydrogen) atoms. The Hall–Kier alpha value is -1.22. The molecule has 0 heterocycles. The van der Waals surface area contributed by atoms with Gasteiger partial charge < -0.3 is 11.1 Å². The van der Waals surface area contributed by atoms with Crippen molar-refractivity contribution in [2.24, 2.45) is 5.73 Å². The van der Waals surface area contributed by atoms with Crippen LogP contribution >= 0.6 is 11.6 Å². The number of hydrogen-bond acceptors (Lipinski definition) is 1. The van der Waals surface area contributed by atoms with Crippen LogP contribution in [-0.2, 0) is 6.42 Å². The van der Waals surface area contributed by atoms with Crippen LogP contribution in [-0.4, -0.2) is 6.03 Å². The Bertz CT molecular complexity index is 378. The summed E-state index contributed by atoms with van der Waals surface area (Å²) in [6, 6.07) is 5.29. The maximum Gasteiger partial charge on any atom is 0.312 e. The van der Waals surface area contributed by atoms with Crippen LogP contribution in [0.2, 0.25) is 5.02 Å². The van der Waals surface area contributed by atoms with Crippen molar-refractivity contribution in [1.82, 2.24) is 5.32 Å². The number of primary amides is 1. The number of fused-ring (bicyclic) bond motifs is 1. The van der Waals surface area contributed by atoms with E-state index in [-0.39, 0.29) is 6.04 Å². The van der Waals surface area contributed by atoms with Crippen molar-refractivity contribution >= 4 is 17.6 Å². The number of nitrogens with two attached hydrogens (primary N) is 1. The largest absolute Gasteiger partial charge is 0.352 e. The molecule has 4 heteroatoms. The van der Waals surface area contributed by atoms with Crippen molar-refractivity contribution in [1.29, 1.82) is 0 Å². The van der Waals surface area contributed by atoms with E-state index in [9.17, 15) is 4.79 Å². The SMILES string of the molecule is NC(=O)N[C@H]1CCc2c(Cl)cccc21. The first-order chi connectivity index (χ1) is 6.68. The van der Waals surface area contributed by atoms with Gasteiger partial charge in [-0.2, -0.15) is 0 Å². The van der Waals surface area contributed by atoms with Crippen LogP contribution < -0.4 is 11.1 Å². The van der Waals surface area contributed by atoms with Gasteiger partial charge in [-0.25, -0.2) is 4.79 Å². The van der Waals surface area contributed by atoms with Crippen molar-refractivity contribution in [3.63, 3.8) is 0 Å². The second-order valence-corrected chi connectivity index (χ2v) is 3.81. The lowest BCUT2D eigenvalue weighted by Gasteiger charge is -2.11. The standard InChI is InChI=1S/C10H11ClN2O/c11-8-3-1-2-7-6(8)4-5-9(7)13-10(12)14/h1-3,9H,4-5H2,(H3,12,13,14)/t9-/m0/s1. The number of rotatable bonds is 1. The van der Waals surface area contributed by atoms with Gasteiger partial charge in [0.1, 0.15) is 0 Å². The minimum absolute atomic E-state index is 0.0289. The monoisotopic (exact) mass is 210 g/mol. The summed E-state index contributed by atoms with van der Waals surface area (Å²) in [7, 11) is 0. The number of halogens is 1. The molecule has 0 saturated carbocycles. The summed E-state index contributed by atoms with van der Waals surface area (Å²) in [5.74, 6) is 0. The van der Waals surface area contributed by atoms with Gasteiger partial charge in [-0.05, 0) is 30.0 Å². The van der Waals surface area contributed by atoms with Crippen molar-refractivity contribution in [3.05, 3.63) is 34.3 Å². The van der Waals surface area contributed by atoms with Crippen molar-refractivity contribution < 1.29 is 4.79 Å². The minimum atomic E-state index is -0.483. The zero-order valence-corrected chi connectivity index (χ0v) is 8.34. The third-order valence-electron chi connectivity index (χ3n) is 2.53. The lowest BCUT2D eigenvalue weighted by atomic mass is 10.1. The maximum atomic E-state index is 10.7. The molecule has 0 saturated heterocycles. The molecule has 0 unspecified atom stereocenters. The summed E-state index contributed by atoms with van der Waals surface area (Å²) in [5, 5.41) is 3.48. The molecule has 0 aliphatic heterocycles. The summed E-state index contributed by atoms with van der Waals surface area (Å²) in [6.07, 6.45) is 1.78. The highest BCUT2D eigenvalue weighted by molar-refractivity contribution is 6.31. The predicted molar refractivity (Wildman–Crippen MR) is 55.2 cm³/mol. The summed E-state index contributed by atoms with van der Waals surface area (Å²) in [5.41, 5.74) is 7.31. The molecule has 0 fully saturated rings. The summed E-state index contributed by atoms with van der Waals surface area (Å²) < 4.78 is 0. The van der Waals surface area contributed by atoms with E-state index in [2.05, 4.69) is 5.32 Å². The predicted octanol–water partition coefficient (Wildman–Crippen LogP) is 2.00. The molecule has 74 valence electrons. The summed E-state index contributed by atoms with van der Waals surface area (Å²) in [4.78, 5) is 10.7. The van der Waals surface area contributed by atoms with Crippen LogP contribution in [0.15, 0.2) is 18.2 Å². The molecule has 2 amide bonds. The number of urea groups is 1. The molecule has 1 aromatic rings. The average molecular weight is 211 g/mol. The zero-order chi connectivity index (χ0) is 10.1. The number of hydrogen-bond donors (Lipinski definition) is 2. The third kappa shape index (κ3) is 1.55. The Morgan fingerprint density at radius 3 is 3.07 bits per heavy atom. The Morgan fingerprint density at radius 1 is 1.57 bits per heavy atom. The lowest BCUT2D eigenvalue weighted by Crippen LogP contribution is -2.32. The Balaban J connectivity index is 2.30. The van der Waals surface area contributed by atoms with E-state index in [1.54, 1.807) is 0 Å². The first-order valence-corrected chi connectivity index (χ1v) is 4.89. The third-order valence-corrected chi connectivity index (χ3v) is 2.88. The molecule has 0 aromatic heterocycles. The fraction of sp³-hybridized carbons (Fsp3) is 0.300. The molecule has 3 N–H and O–H groups in total. The van der Waals surface area contributed by atoms with E-state index in [1.807, 2.05) is 18.2 Å². The van der Waals surface area contributed by atoms with Gasteiger partial charge in [-0.1, -0.05) is 23.7 Å². The number of carbonyl (C=O) groups is 1. The minimum Gasteiger partial charge on any atom is -0.352 e. The molecular formula is C10H11ClN2O. The molecule has 0 radical (unpaired) electrons. The number of benzene rings is 1. The van der Waals surface area contributed by atoms with E-state index < -0.39 is 6.03 Å². The van der Waals surface area contributed by atoms with E-state index in [1.165, 1.54) is 0 Å². The number of amides is 2. The maximum absolute atomic E-state index is 10.7. The van der Waals surface area contributed by atoms with Gasteiger partial charge in [0.25, 0.3) is 0 Å². The Morgan fingerprint density at radius 2 is 2.36 bits per heavy atom.